The van der Waals surface area contributed by atoms with Crippen LogP contribution in [-0.2, 0) is 37.3 Å². The van der Waals surface area contributed by atoms with Crippen molar-refractivity contribution in [3.63, 3.8) is 0 Å². The number of fused-ring (bicyclic) bond motifs is 1. The molecule has 0 amide bonds. The normalized spacial score (nSPS) is 14.0. The van der Waals surface area contributed by atoms with Crippen LogP contribution in [0.2, 0.25) is 0 Å². The summed E-state index contributed by atoms with van der Waals surface area (Å²) in [5.41, 5.74) is 11.2. The number of hydrogen-bond donors (Lipinski definition) is 1. The number of para-hydroxylation sites is 1. The number of phenolic OH excluding ortho intramolecular Hbond substituents is 1. The fraction of sp³-hybridized carbons (Fsp3) is 0.250. The molecule has 0 unspecified atom stereocenters. The predicted octanol–water partition coefficient (Wildman–Crippen LogP) is 14.8. The smallest absolute Gasteiger partial charge is 0.148 e. The van der Waals surface area contributed by atoms with Crippen LogP contribution in [0.4, 0.5) is 0 Å². The van der Waals surface area contributed by atoms with Crippen LogP contribution < -0.4 is 0 Å². The first-order valence-electron chi connectivity index (χ1n) is 23.5. The molecule has 0 radical (unpaired) electrons. The minimum atomic E-state index is -2.47. The minimum Gasteiger partial charge on any atom is -0.507 e. The van der Waals surface area contributed by atoms with Crippen LogP contribution >= 0.6 is 0 Å². The number of aromatic hydroxyl groups is 1. The fourth-order valence-corrected chi connectivity index (χ4v) is 7.87. The summed E-state index contributed by atoms with van der Waals surface area (Å²) in [6.45, 7) is 14.7. The zero-order valence-electron chi connectivity index (χ0n) is 42.3. The van der Waals surface area contributed by atoms with Crippen LogP contribution in [0.5, 0.6) is 5.75 Å². The molecule has 5 heteroatoms. The van der Waals surface area contributed by atoms with Gasteiger partial charge in [-0.15, -0.1) is 29.3 Å². The zero-order chi connectivity index (χ0) is 47.7. The van der Waals surface area contributed by atoms with Crippen molar-refractivity contribution in [1.29, 1.82) is 0 Å². The zero-order valence-corrected chi connectivity index (χ0v) is 38.6. The van der Waals surface area contributed by atoms with Gasteiger partial charge in [0.25, 0.3) is 0 Å². The summed E-state index contributed by atoms with van der Waals surface area (Å²) < 4.78 is 51.4. The van der Waals surface area contributed by atoms with E-state index in [1.54, 1.807) is 42.6 Å². The first-order chi connectivity index (χ1) is 30.8. The minimum absolute atomic E-state index is 0. The van der Waals surface area contributed by atoms with Crippen LogP contribution in [0.1, 0.15) is 98.4 Å². The second kappa shape index (κ2) is 16.4. The SMILES string of the molecule is [2H]C([2H])([2H])c1ccc(-c2ccnc(-c3[c-]c(-c4cccc5c4nc(-c4cc(C(C)(C)C)cc(C(C)(C)C)c4O)n5-c4ccc(C(C)(C)C)cc4-c4ccccc4)cc(C([2H])([2H])[2H])c3)c2)cc1.[Pt]. The van der Waals surface area contributed by atoms with Crippen LogP contribution in [0, 0.1) is 19.8 Å². The molecule has 0 atom stereocenters. The monoisotopic (exact) mass is 987 g/mol. The average Bonchev–Trinajstić information content (AvgIpc) is 3.64. The molecule has 312 valence electrons. The molecule has 0 aliphatic carbocycles. The van der Waals surface area contributed by atoms with Gasteiger partial charge >= 0.3 is 0 Å². The predicted molar refractivity (Wildman–Crippen MR) is 252 cm³/mol. The Hall–Kier alpha value is -5.57. The first-order valence-corrected chi connectivity index (χ1v) is 20.5. The Balaban J connectivity index is 0.00000666. The molecule has 0 aliphatic heterocycles. The average molecular weight is 988 g/mol. The second-order valence-corrected chi connectivity index (χ2v) is 18.9. The Kier molecular flexibility index (Phi) is 9.69. The summed E-state index contributed by atoms with van der Waals surface area (Å²) in [5, 5.41) is 12.5. The van der Waals surface area contributed by atoms with Crippen molar-refractivity contribution >= 4 is 11.0 Å². The molecule has 0 aliphatic rings. The number of aromatic nitrogens is 3. The van der Waals surface area contributed by atoms with Gasteiger partial charge in [0, 0.05) is 52.3 Å². The number of rotatable bonds is 6. The van der Waals surface area contributed by atoms with Crippen molar-refractivity contribution in [3.8, 4) is 67.5 Å². The summed E-state index contributed by atoms with van der Waals surface area (Å²) in [4.78, 5) is 10.2. The van der Waals surface area contributed by atoms with Crippen LogP contribution in [0.25, 0.3) is 72.7 Å². The Morgan fingerprint density at radius 2 is 1.26 bits per heavy atom. The van der Waals surface area contributed by atoms with E-state index in [9.17, 15) is 5.11 Å². The molecule has 6 aromatic carbocycles. The number of hydrogen-bond acceptors (Lipinski definition) is 3. The van der Waals surface area contributed by atoms with Crippen molar-refractivity contribution < 1.29 is 34.4 Å². The largest absolute Gasteiger partial charge is 0.507 e. The van der Waals surface area contributed by atoms with E-state index in [4.69, 9.17) is 13.2 Å². The summed E-state index contributed by atoms with van der Waals surface area (Å²) in [6, 6.07) is 44.2. The standard InChI is InChI=1S/C56H56N3O.Pt/c1-35-20-22-37(23-21-35)39-26-27-57-48(31-39)41-29-36(2)28-40(30-41)44-18-15-19-50-51(44)58-53(46-33-43(55(6,7)8)34-47(52(46)60)56(9,10)11)59(50)49-25-24-42(54(3,4)5)32-45(49)38-16-13-12-14-17-38;/h12-29,31-34,60H,1-11H3;/q-1;/i1D3,2D3;. The van der Waals surface area contributed by atoms with Crippen molar-refractivity contribution in [2.45, 2.75) is 92.3 Å². The molecular formula is C56H56N3OPt-. The van der Waals surface area contributed by atoms with Crippen molar-refractivity contribution in [3.05, 3.63) is 167 Å². The second-order valence-electron chi connectivity index (χ2n) is 18.9. The molecule has 61 heavy (non-hydrogen) atoms. The van der Waals surface area contributed by atoms with E-state index in [0.717, 1.165) is 44.6 Å². The summed E-state index contributed by atoms with van der Waals surface area (Å²) >= 11 is 0. The molecule has 4 nitrogen and oxygen atoms in total. The number of benzene rings is 6. The van der Waals surface area contributed by atoms with E-state index in [1.165, 1.54) is 5.56 Å². The van der Waals surface area contributed by atoms with Gasteiger partial charge in [-0.3, -0.25) is 9.55 Å². The molecule has 8 rings (SSSR count). The molecule has 2 aromatic heterocycles. The maximum atomic E-state index is 12.5. The Bertz CT molecular complexity index is 3110. The number of phenols is 1. The third-order valence-corrected chi connectivity index (χ3v) is 11.3. The van der Waals surface area contributed by atoms with Gasteiger partial charge in [-0.2, -0.15) is 0 Å². The first kappa shape index (κ1) is 36.1. The Morgan fingerprint density at radius 3 is 1.93 bits per heavy atom. The number of aryl methyl sites for hydroxylation is 2. The molecule has 1 N–H and O–H groups in total. The third-order valence-electron chi connectivity index (χ3n) is 11.3. The van der Waals surface area contributed by atoms with Crippen molar-refractivity contribution in [1.82, 2.24) is 14.5 Å². The van der Waals surface area contributed by atoms with Gasteiger partial charge in [0.2, 0.25) is 0 Å². The van der Waals surface area contributed by atoms with Gasteiger partial charge in [-0.05, 0) is 81.2 Å². The molecule has 0 spiro atoms. The van der Waals surface area contributed by atoms with Gasteiger partial charge in [0.15, 0.2) is 0 Å². The van der Waals surface area contributed by atoms with E-state index >= 15 is 0 Å². The van der Waals surface area contributed by atoms with Crippen LogP contribution in [-0.4, -0.2) is 19.6 Å². The maximum absolute atomic E-state index is 12.5. The molecule has 0 saturated heterocycles. The number of pyridine rings is 1. The molecule has 0 fully saturated rings. The van der Waals surface area contributed by atoms with Crippen LogP contribution in [0.3, 0.4) is 0 Å². The van der Waals surface area contributed by atoms with Gasteiger partial charge in [0.1, 0.15) is 11.6 Å². The van der Waals surface area contributed by atoms with E-state index in [1.807, 2.05) is 48.5 Å². The summed E-state index contributed by atoms with van der Waals surface area (Å²) in [7, 11) is 0. The van der Waals surface area contributed by atoms with E-state index in [0.29, 0.717) is 39.3 Å². The number of imidazole rings is 1. The van der Waals surface area contributed by atoms with Gasteiger partial charge in [-0.25, -0.2) is 4.98 Å². The third kappa shape index (κ3) is 8.66. The molecule has 0 saturated carbocycles. The van der Waals surface area contributed by atoms with E-state index in [2.05, 4.69) is 120 Å². The van der Waals surface area contributed by atoms with Crippen molar-refractivity contribution in [2.24, 2.45) is 0 Å². The van der Waals surface area contributed by atoms with E-state index in [-0.39, 0.29) is 48.8 Å². The number of nitrogens with zero attached hydrogens (tertiary/aromatic N) is 3. The van der Waals surface area contributed by atoms with Gasteiger partial charge in [0.05, 0.1) is 22.3 Å². The maximum Gasteiger partial charge on any atom is 0.148 e. The Morgan fingerprint density at radius 1 is 0.574 bits per heavy atom. The topological polar surface area (TPSA) is 50.9 Å². The van der Waals surface area contributed by atoms with E-state index < -0.39 is 19.1 Å². The van der Waals surface area contributed by atoms with Gasteiger partial charge < -0.3 is 5.11 Å². The molecule has 0 bridgehead atoms. The molecular weight excluding hydrogens is 926 g/mol. The summed E-state index contributed by atoms with van der Waals surface area (Å²) in [5.74, 6) is 0.691. The summed E-state index contributed by atoms with van der Waals surface area (Å²) in [6.07, 6.45) is 1.66. The van der Waals surface area contributed by atoms with Gasteiger partial charge in [-0.1, -0.05) is 171 Å². The van der Waals surface area contributed by atoms with Crippen molar-refractivity contribution in [2.75, 3.05) is 0 Å². The quantitative estimate of drug-likeness (QED) is 0.169. The Labute approximate surface area is 385 Å². The van der Waals surface area contributed by atoms with Crippen LogP contribution in [0.15, 0.2) is 134 Å². The molecule has 2 heterocycles. The fourth-order valence-electron chi connectivity index (χ4n) is 7.87. The molecule has 8 aromatic rings.